The van der Waals surface area contributed by atoms with Crippen molar-refractivity contribution in [3.8, 4) is 0 Å². The number of hydrogen-bond acceptors (Lipinski definition) is 8. The number of carbonyl (C=O) groups is 2. The molecule has 3 aromatic rings. The number of anilines is 2. The topological polar surface area (TPSA) is 100 Å². The van der Waals surface area contributed by atoms with E-state index in [0.29, 0.717) is 29.0 Å². The van der Waals surface area contributed by atoms with Gasteiger partial charge in [-0.15, -0.1) is 22.7 Å². The van der Waals surface area contributed by atoms with E-state index >= 15 is 0 Å². The lowest BCUT2D eigenvalue weighted by Gasteiger charge is -2.24. The Balaban J connectivity index is 1.36. The maximum absolute atomic E-state index is 12.2. The van der Waals surface area contributed by atoms with Crippen LogP contribution in [-0.4, -0.2) is 44.8 Å². The Kier molecular flexibility index (Phi) is 5.19. The van der Waals surface area contributed by atoms with Crippen LogP contribution in [0.25, 0.3) is 0 Å². The summed E-state index contributed by atoms with van der Waals surface area (Å²) in [6.45, 7) is 1.68. The lowest BCUT2D eigenvalue weighted by molar-refractivity contribution is -0.117. The standard InChI is InChI=1S/C17H16N6O2S2/c24-14(21-16-19-6-8-26-16)10-23-7-4-11-13(9-23)27-17(20-11)22-15(25)12-3-1-2-5-18-12/h1-3,5-6,8H,4,7,9-10H2,(H,19,21,24)(H,20,22,25). The minimum Gasteiger partial charge on any atom is -0.301 e. The number of nitrogens with zero attached hydrogens (tertiary/aromatic N) is 4. The number of carbonyl (C=O) groups excluding carboxylic acids is 2. The maximum Gasteiger partial charge on any atom is 0.276 e. The number of amides is 2. The molecule has 10 heteroatoms. The molecule has 138 valence electrons. The van der Waals surface area contributed by atoms with E-state index in [-0.39, 0.29) is 11.8 Å². The predicted octanol–water partition coefficient (Wildman–Crippen LogP) is 2.24. The minimum atomic E-state index is -0.277. The van der Waals surface area contributed by atoms with Gasteiger partial charge in [0.1, 0.15) is 5.69 Å². The molecule has 4 rings (SSSR count). The van der Waals surface area contributed by atoms with Crippen molar-refractivity contribution in [2.75, 3.05) is 23.7 Å². The fourth-order valence-corrected chi connectivity index (χ4v) is 4.33. The fourth-order valence-electron chi connectivity index (χ4n) is 2.74. The van der Waals surface area contributed by atoms with Gasteiger partial charge < -0.3 is 5.32 Å². The van der Waals surface area contributed by atoms with Crippen molar-refractivity contribution in [1.29, 1.82) is 0 Å². The first-order chi connectivity index (χ1) is 13.2. The number of rotatable bonds is 5. The van der Waals surface area contributed by atoms with E-state index in [2.05, 4.69) is 30.5 Å². The summed E-state index contributed by atoms with van der Waals surface area (Å²) in [4.78, 5) is 40.1. The van der Waals surface area contributed by atoms with Crippen molar-refractivity contribution in [2.45, 2.75) is 13.0 Å². The summed E-state index contributed by atoms with van der Waals surface area (Å²) in [5.41, 5.74) is 1.33. The van der Waals surface area contributed by atoms with Gasteiger partial charge in [-0.2, -0.15) is 0 Å². The van der Waals surface area contributed by atoms with Gasteiger partial charge >= 0.3 is 0 Å². The number of fused-ring (bicyclic) bond motifs is 1. The molecule has 0 radical (unpaired) electrons. The Hall–Kier alpha value is -2.69. The van der Waals surface area contributed by atoms with Crippen LogP contribution in [0.15, 0.2) is 36.0 Å². The van der Waals surface area contributed by atoms with E-state index in [1.165, 1.54) is 22.7 Å². The third-order valence-corrected chi connectivity index (χ3v) is 5.66. The second-order valence-corrected chi connectivity index (χ2v) is 7.88. The highest BCUT2D eigenvalue weighted by Crippen LogP contribution is 2.28. The average molecular weight is 400 g/mol. The third kappa shape index (κ3) is 4.35. The molecular formula is C17H16N6O2S2. The summed E-state index contributed by atoms with van der Waals surface area (Å²) < 4.78 is 0. The van der Waals surface area contributed by atoms with Crippen LogP contribution in [0.1, 0.15) is 21.1 Å². The van der Waals surface area contributed by atoms with Gasteiger partial charge in [-0.25, -0.2) is 9.97 Å². The highest BCUT2D eigenvalue weighted by Gasteiger charge is 2.23. The molecule has 0 aromatic carbocycles. The van der Waals surface area contributed by atoms with Crippen LogP contribution in [-0.2, 0) is 17.8 Å². The Morgan fingerprint density at radius 1 is 1.15 bits per heavy atom. The summed E-state index contributed by atoms with van der Waals surface area (Å²) in [6, 6.07) is 5.19. The molecule has 0 spiro atoms. The largest absolute Gasteiger partial charge is 0.301 e. The van der Waals surface area contributed by atoms with E-state index in [9.17, 15) is 9.59 Å². The zero-order valence-electron chi connectivity index (χ0n) is 14.2. The smallest absolute Gasteiger partial charge is 0.276 e. The van der Waals surface area contributed by atoms with Gasteiger partial charge in [-0.05, 0) is 12.1 Å². The Bertz CT molecular complexity index is 942. The van der Waals surface area contributed by atoms with Crippen LogP contribution >= 0.6 is 22.7 Å². The van der Waals surface area contributed by atoms with Gasteiger partial charge in [0.25, 0.3) is 5.91 Å². The lowest BCUT2D eigenvalue weighted by Crippen LogP contribution is -2.36. The van der Waals surface area contributed by atoms with Gasteiger partial charge in [0.15, 0.2) is 10.3 Å². The molecule has 0 unspecified atom stereocenters. The third-order valence-electron chi connectivity index (χ3n) is 3.97. The molecule has 0 saturated carbocycles. The summed E-state index contributed by atoms with van der Waals surface area (Å²) in [7, 11) is 0. The van der Waals surface area contributed by atoms with E-state index in [4.69, 9.17) is 0 Å². The molecule has 2 N–H and O–H groups in total. The van der Waals surface area contributed by atoms with Crippen molar-refractivity contribution < 1.29 is 9.59 Å². The van der Waals surface area contributed by atoms with E-state index < -0.39 is 0 Å². The van der Waals surface area contributed by atoms with Crippen LogP contribution in [0.4, 0.5) is 10.3 Å². The number of aromatic nitrogens is 3. The minimum absolute atomic E-state index is 0.0819. The first-order valence-corrected chi connectivity index (χ1v) is 9.99. The van der Waals surface area contributed by atoms with Crippen LogP contribution in [0.5, 0.6) is 0 Å². The number of nitrogens with one attached hydrogen (secondary N) is 2. The molecule has 1 aliphatic rings. The van der Waals surface area contributed by atoms with Gasteiger partial charge in [0.2, 0.25) is 5.91 Å². The monoisotopic (exact) mass is 400 g/mol. The molecule has 0 fully saturated rings. The average Bonchev–Trinajstić information content (AvgIpc) is 3.31. The summed E-state index contributed by atoms with van der Waals surface area (Å²) in [5.74, 6) is -0.358. The quantitative estimate of drug-likeness (QED) is 0.681. The molecule has 27 heavy (non-hydrogen) atoms. The Morgan fingerprint density at radius 3 is 2.85 bits per heavy atom. The van der Waals surface area contributed by atoms with Crippen LogP contribution < -0.4 is 10.6 Å². The van der Waals surface area contributed by atoms with E-state index in [0.717, 1.165) is 23.5 Å². The molecule has 0 aliphatic carbocycles. The van der Waals surface area contributed by atoms with Gasteiger partial charge in [0, 0.05) is 42.2 Å². The lowest BCUT2D eigenvalue weighted by atomic mass is 10.2. The SMILES string of the molecule is O=C(CN1CCc2nc(NC(=O)c3ccccn3)sc2C1)Nc1nccs1. The van der Waals surface area contributed by atoms with E-state index in [1.54, 1.807) is 30.6 Å². The molecule has 0 atom stereocenters. The van der Waals surface area contributed by atoms with Crippen LogP contribution in [0.3, 0.4) is 0 Å². The molecule has 0 saturated heterocycles. The van der Waals surface area contributed by atoms with Gasteiger partial charge in [-0.3, -0.25) is 24.8 Å². The molecule has 2 amide bonds. The van der Waals surface area contributed by atoms with Crippen molar-refractivity contribution in [3.05, 3.63) is 52.2 Å². The van der Waals surface area contributed by atoms with Crippen LogP contribution in [0, 0.1) is 0 Å². The van der Waals surface area contributed by atoms with E-state index in [1.807, 2.05) is 5.38 Å². The van der Waals surface area contributed by atoms with Gasteiger partial charge in [-0.1, -0.05) is 6.07 Å². The molecular weight excluding hydrogens is 384 g/mol. The highest BCUT2D eigenvalue weighted by atomic mass is 32.1. The van der Waals surface area contributed by atoms with Crippen molar-refractivity contribution >= 4 is 44.8 Å². The second kappa shape index (κ2) is 7.91. The summed E-state index contributed by atoms with van der Waals surface area (Å²) >= 11 is 2.83. The molecule has 0 bridgehead atoms. The molecule has 8 nitrogen and oxygen atoms in total. The second-order valence-electron chi connectivity index (χ2n) is 5.90. The zero-order chi connectivity index (χ0) is 18.6. The van der Waals surface area contributed by atoms with Crippen molar-refractivity contribution in [3.63, 3.8) is 0 Å². The zero-order valence-corrected chi connectivity index (χ0v) is 15.8. The fraction of sp³-hybridized carbons (Fsp3) is 0.235. The van der Waals surface area contributed by atoms with Crippen LogP contribution in [0.2, 0.25) is 0 Å². The predicted molar refractivity (Wildman–Crippen MR) is 104 cm³/mol. The molecule has 3 aromatic heterocycles. The summed E-state index contributed by atoms with van der Waals surface area (Å²) in [6.07, 6.45) is 3.98. The first kappa shape index (κ1) is 17.7. The Morgan fingerprint density at radius 2 is 2.07 bits per heavy atom. The number of pyridine rings is 1. The van der Waals surface area contributed by atoms with Crippen molar-refractivity contribution in [1.82, 2.24) is 19.9 Å². The first-order valence-electron chi connectivity index (χ1n) is 8.30. The normalized spacial score (nSPS) is 13.8. The van der Waals surface area contributed by atoms with Crippen molar-refractivity contribution in [2.24, 2.45) is 0 Å². The molecule has 4 heterocycles. The maximum atomic E-state index is 12.2. The number of hydrogen-bond donors (Lipinski definition) is 2. The number of thiazole rings is 2. The summed E-state index contributed by atoms with van der Waals surface area (Å²) in [5, 5.41) is 8.58. The Labute approximate surface area is 163 Å². The highest BCUT2D eigenvalue weighted by molar-refractivity contribution is 7.16. The van der Waals surface area contributed by atoms with Gasteiger partial charge in [0.05, 0.1) is 12.2 Å². The molecule has 1 aliphatic heterocycles.